The molecule has 1 fully saturated rings. The number of rotatable bonds is 10. The van der Waals surface area contributed by atoms with Gasteiger partial charge in [0.15, 0.2) is 0 Å². The molecule has 0 aromatic heterocycles. The minimum absolute atomic E-state index is 0.130. The Morgan fingerprint density at radius 1 is 1.19 bits per heavy atom. The summed E-state index contributed by atoms with van der Waals surface area (Å²) < 4.78 is 5.49. The lowest BCUT2D eigenvalue weighted by atomic mass is 9.99. The van der Waals surface area contributed by atoms with Gasteiger partial charge in [0, 0.05) is 69.0 Å². The van der Waals surface area contributed by atoms with Gasteiger partial charge in [0.05, 0.1) is 18.8 Å². The topological polar surface area (TPSA) is 101 Å². The van der Waals surface area contributed by atoms with Crippen LogP contribution in [0.2, 0.25) is 0 Å². The van der Waals surface area contributed by atoms with Crippen molar-refractivity contribution in [1.82, 2.24) is 15.5 Å². The number of aliphatic hydroxyl groups is 1. The normalized spacial score (nSPS) is 15.8. The zero-order valence-corrected chi connectivity index (χ0v) is 22.9. The number of allylic oxidation sites excluding steroid dienone is 1. The van der Waals surface area contributed by atoms with Gasteiger partial charge in [-0.05, 0) is 74.7 Å². The molecule has 3 rings (SSSR count). The van der Waals surface area contributed by atoms with Crippen molar-refractivity contribution in [2.75, 3.05) is 51.8 Å². The molecule has 8 nitrogen and oxygen atoms in total. The summed E-state index contributed by atoms with van der Waals surface area (Å²) in [5.74, 6) is 0.536. The SMILES string of the molecule is CN/C=C(\C=N)c1cc(OC)cc([C@@H](C)NC(=O)c2cc(N3CCN(CC(C)(C)O)CC3)ccc2C)c1. The highest BCUT2D eigenvalue weighted by Gasteiger charge is 2.24. The maximum Gasteiger partial charge on any atom is 0.252 e. The highest BCUT2D eigenvalue weighted by molar-refractivity contribution is 6.08. The number of piperazine rings is 1. The van der Waals surface area contributed by atoms with Gasteiger partial charge in [-0.25, -0.2) is 0 Å². The molecule has 2 aromatic carbocycles. The van der Waals surface area contributed by atoms with Crippen molar-refractivity contribution in [3.05, 3.63) is 64.9 Å². The minimum atomic E-state index is -0.707. The van der Waals surface area contributed by atoms with Gasteiger partial charge in [0.2, 0.25) is 0 Å². The van der Waals surface area contributed by atoms with Gasteiger partial charge in [0.1, 0.15) is 5.75 Å². The second-order valence-corrected chi connectivity index (χ2v) is 10.3. The summed E-state index contributed by atoms with van der Waals surface area (Å²) in [5.41, 5.74) is 4.34. The van der Waals surface area contributed by atoms with Gasteiger partial charge < -0.3 is 30.8 Å². The van der Waals surface area contributed by atoms with Crippen LogP contribution in [0.5, 0.6) is 5.75 Å². The smallest absolute Gasteiger partial charge is 0.252 e. The van der Waals surface area contributed by atoms with Gasteiger partial charge in [-0.2, -0.15) is 0 Å². The first kappa shape index (κ1) is 28.2. The monoisotopic (exact) mass is 507 g/mol. The Bertz CT molecular complexity index is 1130. The third-order valence-corrected chi connectivity index (χ3v) is 6.61. The van der Waals surface area contributed by atoms with Gasteiger partial charge >= 0.3 is 0 Å². The number of amides is 1. The summed E-state index contributed by atoms with van der Waals surface area (Å²) >= 11 is 0. The number of ether oxygens (including phenoxy) is 1. The van der Waals surface area contributed by atoms with E-state index in [1.165, 1.54) is 6.21 Å². The van der Waals surface area contributed by atoms with Crippen molar-refractivity contribution in [1.29, 1.82) is 5.41 Å². The van der Waals surface area contributed by atoms with E-state index in [0.29, 0.717) is 23.4 Å². The van der Waals surface area contributed by atoms with Crippen LogP contribution in [0.3, 0.4) is 0 Å². The van der Waals surface area contributed by atoms with Crippen LogP contribution in [-0.4, -0.2) is 74.6 Å². The van der Waals surface area contributed by atoms with Crippen LogP contribution in [0.1, 0.15) is 53.9 Å². The zero-order chi connectivity index (χ0) is 27.2. The molecule has 4 N–H and O–H groups in total. The van der Waals surface area contributed by atoms with Crippen molar-refractivity contribution < 1.29 is 14.6 Å². The van der Waals surface area contributed by atoms with Crippen molar-refractivity contribution in [2.24, 2.45) is 0 Å². The fourth-order valence-electron chi connectivity index (χ4n) is 4.64. The molecular weight excluding hydrogens is 466 g/mol. The Labute approximate surface area is 220 Å². The van der Waals surface area contributed by atoms with E-state index in [-0.39, 0.29) is 11.9 Å². The molecule has 2 aromatic rings. The molecule has 0 unspecified atom stereocenters. The predicted octanol–water partition coefficient (Wildman–Crippen LogP) is 3.60. The number of hydrogen-bond donors (Lipinski definition) is 4. The molecule has 200 valence electrons. The zero-order valence-electron chi connectivity index (χ0n) is 22.9. The maximum absolute atomic E-state index is 13.4. The average Bonchev–Trinajstić information content (AvgIpc) is 2.86. The summed E-state index contributed by atoms with van der Waals surface area (Å²) in [4.78, 5) is 17.9. The molecular formula is C29H41N5O3. The fourth-order valence-corrected chi connectivity index (χ4v) is 4.64. The molecule has 8 heteroatoms. The first-order valence-electron chi connectivity index (χ1n) is 12.7. The Morgan fingerprint density at radius 2 is 1.89 bits per heavy atom. The second kappa shape index (κ2) is 12.3. The lowest BCUT2D eigenvalue weighted by Gasteiger charge is -2.38. The summed E-state index contributed by atoms with van der Waals surface area (Å²) in [5, 5.41) is 24.0. The average molecular weight is 508 g/mol. The molecule has 0 spiro atoms. The molecule has 1 atom stereocenters. The standard InChI is InChI=1S/C29H41N5O3/c1-20-7-8-25(34-11-9-33(10-12-34)19-29(3,4)36)16-27(20)28(35)32-21(2)22-13-23(15-26(14-22)37-6)24(17-30)18-31-5/h7-8,13-18,21,30-31,36H,9-12,19H2,1-6H3,(H,32,35)/b24-18+,30-17?/t21-/m1/s1. The minimum Gasteiger partial charge on any atom is -0.497 e. The molecule has 1 aliphatic heterocycles. The van der Waals surface area contributed by atoms with E-state index in [4.69, 9.17) is 10.1 Å². The highest BCUT2D eigenvalue weighted by atomic mass is 16.5. The number of benzene rings is 2. The van der Waals surface area contributed by atoms with Gasteiger partial charge in [-0.1, -0.05) is 6.07 Å². The van der Waals surface area contributed by atoms with Crippen LogP contribution >= 0.6 is 0 Å². The predicted molar refractivity (Wildman–Crippen MR) is 151 cm³/mol. The fraction of sp³-hybridized carbons (Fsp3) is 0.448. The van der Waals surface area contributed by atoms with Crippen LogP contribution in [0.25, 0.3) is 5.57 Å². The number of β-amino-alcohol motifs (C(OH)–C–C–N with tert-alkyl or cyclic N) is 1. The molecule has 0 saturated carbocycles. The second-order valence-electron chi connectivity index (χ2n) is 10.3. The highest BCUT2D eigenvalue weighted by Crippen LogP contribution is 2.27. The first-order valence-corrected chi connectivity index (χ1v) is 12.7. The largest absolute Gasteiger partial charge is 0.497 e. The van der Waals surface area contributed by atoms with E-state index in [9.17, 15) is 9.90 Å². The number of nitrogens with zero attached hydrogens (tertiary/aromatic N) is 2. The summed E-state index contributed by atoms with van der Waals surface area (Å²) in [6, 6.07) is 11.5. The molecule has 1 aliphatic rings. The summed E-state index contributed by atoms with van der Waals surface area (Å²) in [6.07, 6.45) is 3.05. The van der Waals surface area contributed by atoms with Crippen molar-refractivity contribution in [2.45, 2.75) is 39.3 Å². The number of carbonyl (C=O) groups excluding carboxylic acids is 1. The Morgan fingerprint density at radius 3 is 2.49 bits per heavy atom. The Kier molecular flexibility index (Phi) is 9.34. The Hall–Kier alpha value is -3.36. The maximum atomic E-state index is 13.4. The third kappa shape index (κ3) is 7.57. The lowest BCUT2D eigenvalue weighted by molar-refractivity contribution is 0.0345. The van der Waals surface area contributed by atoms with E-state index in [0.717, 1.165) is 48.6 Å². The lowest BCUT2D eigenvalue weighted by Crippen LogP contribution is -2.50. The third-order valence-electron chi connectivity index (χ3n) is 6.61. The number of aryl methyl sites for hydroxylation is 1. The van der Waals surface area contributed by atoms with E-state index >= 15 is 0 Å². The van der Waals surface area contributed by atoms with Gasteiger partial charge in [-0.15, -0.1) is 0 Å². The quantitative estimate of drug-likeness (QED) is 0.367. The summed E-state index contributed by atoms with van der Waals surface area (Å²) in [7, 11) is 3.40. The number of nitrogens with one attached hydrogen (secondary N) is 3. The van der Waals surface area contributed by atoms with Crippen LogP contribution in [0.4, 0.5) is 5.69 Å². The molecule has 0 radical (unpaired) electrons. The van der Waals surface area contributed by atoms with Crippen LogP contribution < -0.4 is 20.3 Å². The molecule has 1 heterocycles. The van der Waals surface area contributed by atoms with E-state index < -0.39 is 5.60 Å². The molecule has 1 amide bonds. The molecule has 37 heavy (non-hydrogen) atoms. The van der Waals surface area contributed by atoms with E-state index in [2.05, 4.69) is 26.5 Å². The number of hydrogen-bond acceptors (Lipinski definition) is 7. The number of methoxy groups -OCH3 is 1. The van der Waals surface area contributed by atoms with Gasteiger partial charge in [0.25, 0.3) is 5.91 Å². The van der Waals surface area contributed by atoms with Crippen LogP contribution in [0, 0.1) is 12.3 Å². The Balaban J connectivity index is 1.75. The van der Waals surface area contributed by atoms with Gasteiger partial charge in [-0.3, -0.25) is 9.69 Å². The van der Waals surface area contributed by atoms with Crippen LogP contribution in [0.15, 0.2) is 42.6 Å². The molecule has 1 saturated heterocycles. The number of anilines is 1. The molecule has 0 aliphatic carbocycles. The first-order chi connectivity index (χ1) is 17.5. The van der Waals surface area contributed by atoms with Crippen molar-refractivity contribution >= 4 is 23.4 Å². The van der Waals surface area contributed by atoms with Crippen molar-refractivity contribution in [3.8, 4) is 5.75 Å². The van der Waals surface area contributed by atoms with E-state index in [1.807, 2.05) is 58.0 Å². The number of carbonyl (C=O) groups is 1. The van der Waals surface area contributed by atoms with Crippen molar-refractivity contribution in [3.63, 3.8) is 0 Å². The van der Waals surface area contributed by atoms with Crippen LogP contribution in [-0.2, 0) is 0 Å². The summed E-state index contributed by atoms with van der Waals surface area (Å²) in [6.45, 7) is 11.7. The van der Waals surface area contributed by atoms with E-state index in [1.54, 1.807) is 20.4 Å². The molecule has 0 bridgehead atoms.